The molecule has 2 aromatic rings. The molecule has 7 nitrogen and oxygen atoms in total. The van der Waals surface area contributed by atoms with E-state index in [2.05, 4.69) is 43.2 Å². The Morgan fingerprint density at radius 2 is 2.25 bits per heavy atom. The van der Waals surface area contributed by atoms with E-state index in [0.29, 0.717) is 6.54 Å². The number of aromatic amines is 1. The number of piperidine rings is 1. The fraction of sp³-hybridized carbons (Fsp3) is 0.438. The lowest BCUT2D eigenvalue weighted by Gasteiger charge is -2.30. The molecule has 1 saturated heterocycles. The van der Waals surface area contributed by atoms with Crippen molar-refractivity contribution in [2.24, 2.45) is 5.41 Å². The van der Waals surface area contributed by atoms with Crippen LogP contribution in [0.2, 0.25) is 0 Å². The molecule has 124 valence electrons. The van der Waals surface area contributed by atoms with Crippen LogP contribution in [0.3, 0.4) is 0 Å². The summed E-state index contributed by atoms with van der Waals surface area (Å²) in [6, 6.07) is 2.53. The Balaban J connectivity index is 1.52. The van der Waals surface area contributed by atoms with E-state index in [0.717, 1.165) is 37.2 Å². The van der Waals surface area contributed by atoms with Crippen molar-refractivity contribution in [3.05, 3.63) is 42.0 Å². The van der Waals surface area contributed by atoms with Crippen molar-refractivity contribution in [2.45, 2.75) is 24.8 Å². The summed E-state index contributed by atoms with van der Waals surface area (Å²) >= 11 is 1.74. The third-order valence-corrected chi connectivity index (χ3v) is 5.70. The van der Waals surface area contributed by atoms with Gasteiger partial charge in [-0.3, -0.25) is 9.78 Å². The average Bonchev–Trinajstić information content (AvgIpc) is 3.36. The Hall–Kier alpha value is -2.24. The number of nitrogens with one attached hydrogen (secondary N) is 2. The second-order valence-corrected chi connectivity index (χ2v) is 7.24. The van der Waals surface area contributed by atoms with Crippen molar-refractivity contribution in [2.75, 3.05) is 18.0 Å². The molecule has 0 bridgehead atoms. The van der Waals surface area contributed by atoms with Gasteiger partial charge in [0, 0.05) is 24.2 Å². The third-order valence-electron chi connectivity index (χ3n) is 4.67. The first-order valence-corrected chi connectivity index (χ1v) is 8.98. The molecule has 24 heavy (non-hydrogen) atoms. The zero-order chi connectivity index (χ0) is 16.4. The molecule has 0 aromatic carbocycles. The molecule has 2 aliphatic heterocycles. The number of nitriles is 1. The molecule has 4 heterocycles. The maximum absolute atomic E-state index is 9.63. The van der Waals surface area contributed by atoms with Crippen LogP contribution in [-0.4, -0.2) is 33.1 Å². The second kappa shape index (κ2) is 6.34. The van der Waals surface area contributed by atoms with E-state index in [1.54, 1.807) is 11.8 Å². The van der Waals surface area contributed by atoms with Crippen molar-refractivity contribution in [3.63, 3.8) is 0 Å². The number of hydrogen-bond donors (Lipinski definition) is 2. The van der Waals surface area contributed by atoms with E-state index in [4.69, 9.17) is 0 Å². The summed E-state index contributed by atoms with van der Waals surface area (Å²) in [5.74, 6) is 0. The van der Waals surface area contributed by atoms with Crippen LogP contribution in [0.25, 0.3) is 0 Å². The SMILES string of the molecule is N#CC1(Cn2cc(N3C=CSC3c3cn[nH]c3)cn2)CCNCC1. The molecule has 2 aliphatic rings. The van der Waals surface area contributed by atoms with E-state index in [1.165, 1.54) is 0 Å². The van der Waals surface area contributed by atoms with Crippen molar-refractivity contribution in [1.82, 2.24) is 25.3 Å². The molecule has 0 spiro atoms. The lowest BCUT2D eigenvalue weighted by Crippen LogP contribution is -2.38. The van der Waals surface area contributed by atoms with Crippen LogP contribution < -0.4 is 10.2 Å². The molecule has 0 aliphatic carbocycles. The van der Waals surface area contributed by atoms with E-state index in [-0.39, 0.29) is 10.8 Å². The molecule has 0 radical (unpaired) electrons. The highest BCUT2D eigenvalue weighted by molar-refractivity contribution is 8.02. The Kier molecular flexibility index (Phi) is 4.04. The summed E-state index contributed by atoms with van der Waals surface area (Å²) in [6.07, 6.45) is 11.5. The van der Waals surface area contributed by atoms with Gasteiger partial charge in [-0.2, -0.15) is 15.5 Å². The van der Waals surface area contributed by atoms with Crippen LogP contribution in [0.15, 0.2) is 36.4 Å². The molecular weight excluding hydrogens is 322 g/mol. The maximum atomic E-state index is 9.63. The smallest absolute Gasteiger partial charge is 0.112 e. The monoisotopic (exact) mass is 341 g/mol. The summed E-state index contributed by atoms with van der Waals surface area (Å²) < 4.78 is 1.91. The van der Waals surface area contributed by atoms with Crippen LogP contribution in [0.5, 0.6) is 0 Å². The molecule has 1 unspecified atom stereocenters. The van der Waals surface area contributed by atoms with Gasteiger partial charge in [0.1, 0.15) is 5.37 Å². The van der Waals surface area contributed by atoms with Crippen LogP contribution >= 0.6 is 11.8 Å². The second-order valence-electron chi connectivity index (χ2n) is 6.25. The first kappa shape index (κ1) is 15.3. The lowest BCUT2D eigenvalue weighted by molar-refractivity contribution is 0.235. The van der Waals surface area contributed by atoms with Crippen LogP contribution in [-0.2, 0) is 6.54 Å². The quantitative estimate of drug-likeness (QED) is 0.887. The van der Waals surface area contributed by atoms with Crippen LogP contribution in [0.4, 0.5) is 5.69 Å². The number of thioether (sulfide) groups is 1. The summed E-state index contributed by atoms with van der Waals surface area (Å²) in [4.78, 5) is 2.18. The third kappa shape index (κ3) is 2.81. The maximum Gasteiger partial charge on any atom is 0.112 e. The molecule has 0 amide bonds. The number of nitrogens with zero attached hydrogens (tertiary/aromatic N) is 5. The van der Waals surface area contributed by atoms with E-state index >= 15 is 0 Å². The van der Waals surface area contributed by atoms with Gasteiger partial charge in [-0.25, -0.2) is 0 Å². The van der Waals surface area contributed by atoms with Gasteiger partial charge in [-0.1, -0.05) is 0 Å². The summed E-state index contributed by atoms with van der Waals surface area (Å²) in [6.45, 7) is 2.44. The number of anilines is 1. The Morgan fingerprint density at radius 1 is 1.38 bits per heavy atom. The first-order valence-electron chi connectivity index (χ1n) is 8.03. The minimum Gasteiger partial charge on any atom is -0.328 e. The number of aromatic nitrogens is 4. The minimum atomic E-state index is -0.311. The highest BCUT2D eigenvalue weighted by atomic mass is 32.2. The molecule has 2 aromatic heterocycles. The number of hydrogen-bond acceptors (Lipinski definition) is 6. The van der Waals surface area contributed by atoms with Gasteiger partial charge in [0.25, 0.3) is 0 Å². The topological polar surface area (TPSA) is 85.6 Å². The Morgan fingerprint density at radius 3 is 3.00 bits per heavy atom. The van der Waals surface area contributed by atoms with Gasteiger partial charge >= 0.3 is 0 Å². The standard InChI is InChI=1S/C16H19N7S/c17-11-16(1-3-18-4-2-16)12-22-10-14(9-21-22)23-5-6-24-15(23)13-7-19-20-8-13/h5-10,15,18H,1-4,12H2,(H,19,20). The highest BCUT2D eigenvalue weighted by Gasteiger charge is 2.33. The average molecular weight is 341 g/mol. The fourth-order valence-electron chi connectivity index (χ4n) is 3.27. The van der Waals surface area contributed by atoms with Crippen LogP contribution in [0.1, 0.15) is 23.8 Å². The molecule has 0 saturated carbocycles. The normalized spacial score (nSPS) is 22.6. The zero-order valence-electron chi connectivity index (χ0n) is 13.2. The predicted octanol–water partition coefficient (Wildman–Crippen LogP) is 2.22. The summed E-state index contributed by atoms with van der Waals surface area (Å²) in [5.41, 5.74) is 1.85. The van der Waals surface area contributed by atoms with Gasteiger partial charge < -0.3 is 10.2 Å². The zero-order valence-corrected chi connectivity index (χ0v) is 14.0. The molecular formula is C16H19N7S. The molecule has 2 N–H and O–H groups in total. The largest absolute Gasteiger partial charge is 0.328 e. The van der Waals surface area contributed by atoms with Gasteiger partial charge in [-0.15, -0.1) is 11.8 Å². The molecule has 4 rings (SSSR count). The van der Waals surface area contributed by atoms with Crippen molar-refractivity contribution >= 4 is 17.4 Å². The Bertz CT molecular complexity index is 752. The summed E-state index contributed by atoms with van der Waals surface area (Å²) in [7, 11) is 0. The van der Waals surface area contributed by atoms with Crippen molar-refractivity contribution in [1.29, 1.82) is 5.26 Å². The first-order chi connectivity index (χ1) is 11.8. The fourth-order valence-corrected chi connectivity index (χ4v) is 4.23. The molecule has 8 heteroatoms. The predicted molar refractivity (Wildman–Crippen MR) is 92.9 cm³/mol. The minimum absolute atomic E-state index is 0.171. The van der Waals surface area contributed by atoms with Crippen LogP contribution in [0, 0.1) is 16.7 Å². The van der Waals surface area contributed by atoms with Crippen molar-refractivity contribution < 1.29 is 0 Å². The van der Waals surface area contributed by atoms with Gasteiger partial charge in [0.05, 0.1) is 36.1 Å². The van der Waals surface area contributed by atoms with E-state index < -0.39 is 0 Å². The van der Waals surface area contributed by atoms with Gasteiger partial charge in [0.15, 0.2) is 0 Å². The summed E-state index contributed by atoms with van der Waals surface area (Å²) in [5, 5.41) is 26.6. The van der Waals surface area contributed by atoms with E-state index in [1.807, 2.05) is 29.5 Å². The number of rotatable bonds is 4. The Labute approximate surface area is 144 Å². The molecule has 1 atom stereocenters. The van der Waals surface area contributed by atoms with Gasteiger partial charge in [-0.05, 0) is 31.3 Å². The molecule has 1 fully saturated rings. The number of H-pyrrole nitrogens is 1. The highest BCUT2D eigenvalue weighted by Crippen LogP contribution is 2.41. The lowest BCUT2D eigenvalue weighted by atomic mass is 9.80. The van der Waals surface area contributed by atoms with Crippen molar-refractivity contribution in [3.8, 4) is 6.07 Å². The van der Waals surface area contributed by atoms with Gasteiger partial charge in [0.2, 0.25) is 0 Å². The van der Waals surface area contributed by atoms with E-state index in [9.17, 15) is 5.26 Å².